The van der Waals surface area contributed by atoms with Crippen molar-refractivity contribution in [3.05, 3.63) is 30.1 Å². The van der Waals surface area contributed by atoms with Crippen LogP contribution >= 0.6 is 0 Å². The minimum Gasteiger partial charge on any atom is -0.450 e. The van der Waals surface area contributed by atoms with Crippen molar-refractivity contribution >= 4 is 18.1 Å². The van der Waals surface area contributed by atoms with Crippen LogP contribution in [0.3, 0.4) is 0 Å². The van der Waals surface area contributed by atoms with Crippen LogP contribution in [0.25, 0.3) is 0 Å². The molecule has 222 valence electrons. The topological polar surface area (TPSA) is 97.8 Å². The fourth-order valence-corrected chi connectivity index (χ4v) is 4.30. The third-order valence-corrected chi connectivity index (χ3v) is 6.69. The number of pyridine rings is 1. The van der Waals surface area contributed by atoms with Crippen LogP contribution in [0.5, 0.6) is 0 Å². The predicted octanol–water partition coefficient (Wildman–Crippen LogP) is 7.94. The Labute approximate surface area is 236 Å². The Morgan fingerprint density at radius 1 is 0.744 bits per heavy atom. The molecule has 0 saturated heterocycles. The largest absolute Gasteiger partial charge is 0.450 e. The van der Waals surface area contributed by atoms with Crippen molar-refractivity contribution in [1.82, 2.24) is 15.2 Å². The lowest BCUT2D eigenvalue weighted by atomic mass is 10.0. The first-order chi connectivity index (χ1) is 19.0. The molecule has 8 heteroatoms. The second kappa shape index (κ2) is 24.4. The number of carbonyl (C=O) groups excluding carboxylic acids is 3. The number of nitrogens with one attached hydrogen (secondary N) is 1. The molecule has 3 amide bonds. The summed E-state index contributed by atoms with van der Waals surface area (Å²) in [6.07, 6.45) is 20.8. The molecule has 1 N–H and O–H groups in total. The number of ether oxygens (including phenoxy) is 2. The van der Waals surface area contributed by atoms with Gasteiger partial charge in [0.2, 0.25) is 5.91 Å². The van der Waals surface area contributed by atoms with Crippen LogP contribution < -0.4 is 5.32 Å². The average Bonchev–Trinajstić information content (AvgIpc) is 2.93. The van der Waals surface area contributed by atoms with E-state index in [2.05, 4.69) is 17.2 Å². The standard InChI is InChI=1S/C31H53N3O5/c1-3-4-5-6-7-8-9-10-11-12-13-14-18-24-33-30(36)38-25-20-15-16-21-26-39-31(37)34(28(2)35)27-29-22-17-19-23-32-29/h17,19,22-23H,3-16,18,20-21,24-27H2,1-2H3,(H,33,36). The van der Waals surface area contributed by atoms with E-state index in [-0.39, 0.29) is 25.2 Å². The van der Waals surface area contributed by atoms with Gasteiger partial charge < -0.3 is 14.8 Å². The summed E-state index contributed by atoms with van der Waals surface area (Å²) >= 11 is 0. The summed E-state index contributed by atoms with van der Waals surface area (Å²) in [5, 5.41) is 2.83. The molecule has 0 aliphatic carbocycles. The normalized spacial score (nSPS) is 10.7. The van der Waals surface area contributed by atoms with Crippen LogP contribution in [0.15, 0.2) is 24.4 Å². The summed E-state index contributed by atoms with van der Waals surface area (Å²) in [4.78, 5) is 41.0. The van der Waals surface area contributed by atoms with E-state index in [0.717, 1.165) is 37.0 Å². The molecule has 0 radical (unpaired) electrons. The van der Waals surface area contributed by atoms with E-state index in [1.165, 1.54) is 77.6 Å². The van der Waals surface area contributed by atoms with Gasteiger partial charge in [-0.3, -0.25) is 9.78 Å². The van der Waals surface area contributed by atoms with Crippen LogP contribution in [0.4, 0.5) is 9.59 Å². The molecule has 0 fully saturated rings. The van der Waals surface area contributed by atoms with Crippen molar-refractivity contribution in [2.45, 2.75) is 130 Å². The van der Waals surface area contributed by atoms with E-state index in [4.69, 9.17) is 9.47 Å². The molecular formula is C31H53N3O5. The number of carbonyl (C=O) groups is 3. The first kappa shape index (κ1) is 34.4. The summed E-state index contributed by atoms with van der Waals surface area (Å²) in [7, 11) is 0. The van der Waals surface area contributed by atoms with E-state index in [0.29, 0.717) is 25.3 Å². The lowest BCUT2D eigenvalue weighted by molar-refractivity contribution is -0.127. The molecule has 1 rings (SSSR count). The quantitative estimate of drug-likeness (QED) is 0.140. The van der Waals surface area contributed by atoms with Gasteiger partial charge in [-0.05, 0) is 44.2 Å². The van der Waals surface area contributed by atoms with Gasteiger partial charge in [-0.25, -0.2) is 14.5 Å². The van der Waals surface area contributed by atoms with Gasteiger partial charge in [-0.15, -0.1) is 0 Å². The van der Waals surface area contributed by atoms with Crippen molar-refractivity contribution in [3.8, 4) is 0 Å². The van der Waals surface area contributed by atoms with Crippen LogP contribution in [0.2, 0.25) is 0 Å². The van der Waals surface area contributed by atoms with Gasteiger partial charge in [0.25, 0.3) is 0 Å². The van der Waals surface area contributed by atoms with Gasteiger partial charge in [0.15, 0.2) is 0 Å². The Morgan fingerprint density at radius 2 is 1.28 bits per heavy atom. The molecule has 1 aromatic heterocycles. The Kier molecular flexibility index (Phi) is 21.5. The second-order valence-electron chi connectivity index (χ2n) is 10.3. The Bertz CT molecular complexity index is 760. The molecule has 39 heavy (non-hydrogen) atoms. The van der Waals surface area contributed by atoms with E-state index in [1.807, 2.05) is 0 Å². The number of nitrogens with zero attached hydrogens (tertiary/aromatic N) is 2. The lowest BCUT2D eigenvalue weighted by Gasteiger charge is -2.18. The summed E-state index contributed by atoms with van der Waals surface area (Å²) < 4.78 is 10.5. The molecule has 1 aromatic rings. The summed E-state index contributed by atoms with van der Waals surface area (Å²) in [6, 6.07) is 5.34. The molecule has 0 atom stereocenters. The number of hydrogen-bond donors (Lipinski definition) is 1. The number of aromatic nitrogens is 1. The molecule has 0 aliphatic rings. The predicted molar refractivity (Wildman–Crippen MR) is 155 cm³/mol. The number of alkyl carbamates (subject to hydrolysis) is 1. The van der Waals surface area contributed by atoms with Gasteiger partial charge in [-0.1, -0.05) is 90.0 Å². The molecule has 0 bridgehead atoms. The lowest BCUT2D eigenvalue weighted by Crippen LogP contribution is -2.35. The summed E-state index contributed by atoms with van der Waals surface area (Å²) in [5.74, 6) is -0.379. The minimum atomic E-state index is -0.656. The van der Waals surface area contributed by atoms with Gasteiger partial charge in [0.05, 0.1) is 25.5 Å². The van der Waals surface area contributed by atoms with Crippen LogP contribution in [-0.2, 0) is 20.8 Å². The summed E-state index contributed by atoms with van der Waals surface area (Å²) in [6.45, 7) is 4.97. The zero-order chi connectivity index (χ0) is 28.4. The fraction of sp³-hybridized carbons (Fsp3) is 0.742. The molecule has 0 aromatic carbocycles. The highest BCUT2D eigenvalue weighted by molar-refractivity contribution is 5.90. The maximum atomic E-state index is 12.2. The van der Waals surface area contributed by atoms with Crippen molar-refractivity contribution in [2.24, 2.45) is 0 Å². The third kappa shape index (κ3) is 20.0. The fourth-order valence-electron chi connectivity index (χ4n) is 4.30. The minimum absolute atomic E-state index is 0.0910. The Balaban J connectivity index is 1.89. The van der Waals surface area contributed by atoms with Crippen molar-refractivity contribution in [2.75, 3.05) is 19.8 Å². The summed E-state index contributed by atoms with van der Waals surface area (Å²) in [5.41, 5.74) is 0.623. The van der Waals surface area contributed by atoms with Crippen LogP contribution in [0, 0.1) is 0 Å². The molecule has 0 unspecified atom stereocenters. The third-order valence-electron chi connectivity index (χ3n) is 6.69. The molecule has 1 heterocycles. The zero-order valence-electron chi connectivity index (χ0n) is 24.6. The molecular weight excluding hydrogens is 494 g/mol. The van der Waals surface area contributed by atoms with Crippen molar-refractivity contribution < 1.29 is 23.9 Å². The van der Waals surface area contributed by atoms with E-state index in [9.17, 15) is 14.4 Å². The number of imide groups is 1. The van der Waals surface area contributed by atoms with Gasteiger partial charge in [-0.2, -0.15) is 0 Å². The average molecular weight is 548 g/mol. The first-order valence-corrected chi connectivity index (χ1v) is 15.3. The highest BCUT2D eigenvalue weighted by atomic mass is 16.6. The maximum absolute atomic E-state index is 12.2. The highest BCUT2D eigenvalue weighted by Crippen LogP contribution is 2.12. The number of amides is 3. The molecule has 8 nitrogen and oxygen atoms in total. The van der Waals surface area contributed by atoms with E-state index in [1.54, 1.807) is 24.4 Å². The highest BCUT2D eigenvalue weighted by Gasteiger charge is 2.20. The number of unbranched alkanes of at least 4 members (excludes halogenated alkanes) is 15. The monoisotopic (exact) mass is 547 g/mol. The maximum Gasteiger partial charge on any atom is 0.416 e. The number of hydrogen-bond acceptors (Lipinski definition) is 6. The van der Waals surface area contributed by atoms with E-state index >= 15 is 0 Å². The van der Waals surface area contributed by atoms with Gasteiger partial charge in [0.1, 0.15) is 0 Å². The van der Waals surface area contributed by atoms with Crippen molar-refractivity contribution in [3.63, 3.8) is 0 Å². The van der Waals surface area contributed by atoms with Crippen LogP contribution in [0.1, 0.15) is 129 Å². The SMILES string of the molecule is CCCCCCCCCCCCCCCNC(=O)OCCCCCCOC(=O)N(Cc1ccccn1)C(C)=O. The first-order valence-electron chi connectivity index (χ1n) is 15.3. The van der Waals surface area contributed by atoms with E-state index < -0.39 is 6.09 Å². The molecule has 0 saturated carbocycles. The Morgan fingerprint density at radius 3 is 1.82 bits per heavy atom. The molecule has 0 aliphatic heterocycles. The van der Waals surface area contributed by atoms with Crippen LogP contribution in [-0.4, -0.2) is 47.7 Å². The van der Waals surface area contributed by atoms with Gasteiger partial charge >= 0.3 is 12.2 Å². The second-order valence-corrected chi connectivity index (χ2v) is 10.3. The van der Waals surface area contributed by atoms with Crippen molar-refractivity contribution in [1.29, 1.82) is 0 Å². The zero-order valence-corrected chi connectivity index (χ0v) is 24.6. The molecule has 0 spiro atoms. The Hall–Kier alpha value is -2.64. The number of rotatable bonds is 23. The van der Waals surface area contributed by atoms with Gasteiger partial charge in [0, 0.05) is 19.7 Å². The smallest absolute Gasteiger partial charge is 0.416 e.